The van der Waals surface area contributed by atoms with Gasteiger partial charge in [0.15, 0.2) is 0 Å². The molecular formula is C8H8F2N2O4. The van der Waals surface area contributed by atoms with Gasteiger partial charge in [-0.25, -0.2) is 8.78 Å². The summed E-state index contributed by atoms with van der Waals surface area (Å²) in [5.41, 5.74) is -0.988. The number of nitro groups is 1. The molecule has 0 aromatic carbocycles. The summed E-state index contributed by atoms with van der Waals surface area (Å²) in [6.45, 7) is -0.712. The Labute approximate surface area is 88.6 Å². The first kappa shape index (κ1) is 12.2. The van der Waals surface area contributed by atoms with Crippen molar-refractivity contribution in [3.05, 3.63) is 27.4 Å². The Morgan fingerprint density at radius 2 is 2.31 bits per heavy atom. The van der Waals surface area contributed by atoms with Crippen LogP contribution in [0, 0.1) is 10.1 Å². The largest absolute Gasteiger partial charge is 0.496 e. The van der Waals surface area contributed by atoms with Crippen molar-refractivity contribution in [3.8, 4) is 5.75 Å². The minimum Gasteiger partial charge on any atom is -0.496 e. The first-order chi connectivity index (χ1) is 7.51. The fourth-order valence-electron chi connectivity index (χ4n) is 1.15. The van der Waals surface area contributed by atoms with Crippen LogP contribution >= 0.6 is 0 Å². The molecule has 0 saturated heterocycles. The number of aromatic nitrogens is 1. The third-order valence-corrected chi connectivity index (χ3v) is 1.86. The second kappa shape index (κ2) is 4.79. The van der Waals surface area contributed by atoms with Crippen LogP contribution in [-0.4, -0.2) is 22.1 Å². The summed E-state index contributed by atoms with van der Waals surface area (Å²) in [6.07, 6.45) is -2.94. The maximum absolute atomic E-state index is 12.4. The number of nitrogens with zero attached hydrogens (tertiary/aromatic N) is 2. The fraction of sp³-hybridized carbons (Fsp3) is 0.375. The quantitative estimate of drug-likeness (QED) is 0.629. The van der Waals surface area contributed by atoms with Crippen molar-refractivity contribution in [2.75, 3.05) is 7.11 Å². The van der Waals surface area contributed by atoms with Crippen LogP contribution in [0.25, 0.3) is 0 Å². The van der Waals surface area contributed by atoms with Gasteiger partial charge in [0.25, 0.3) is 0 Å². The molecule has 0 bridgehead atoms. The lowest BCUT2D eigenvalue weighted by Crippen LogP contribution is -2.05. The third kappa shape index (κ3) is 2.22. The van der Waals surface area contributed by atoms with Gasteiger partial charge in [-0.1, -0.05) is 0 Å². The number of aliphatic hydroxyl groups is 1. The van der Waals surface area contributed by atoms with Crippen LogP contribution in [0.3, 0.4) is 0 Å². The molecule has 0 saturated carbocycles. The van der Waals surface area contributed by atoms with Crippen molar-refractivity contribution in [1.82, 2.24) is 4.98 Å². The highest BCUT2D eigenvalue weighted by atomic mass is 19.3. The predicted octanol–water partition coefficient (Wildman–Crippen LogP) is 1.43. The summed E-state index contributed by atoms with van der Waals surface area (Å²) in [6, 6.07) is 0.864. The predicted molar refractivity (Wildman–Crippen MR) is 48.3 cm³/mol. The minimum atomic E-state index is -2.94. The molecule has 0 atom stereocenters. The molecule has 0 aliphatic rings. The Kier molecular flexibility index (Phi) is 3.67. The number of ether oxygens (including phenoxy) is 1. The number of alkyl halides is 2. The molecule has 0 spiro atoms. The van der Waals surface area contributed by atoms with Crippen LogP contribution in [-0.2, 0) is 6.61 Å². The van der Waals surface area contributed by atoms with Crippen LogP contribution in [0.2, 0.25) is 0 Å². The molecule has 1 heterocycles. The second-order valence-electron chi connectivity index (χ2n) is 2.77. The topological polar surface area (TPSA) is 85.5 Å². The molecule has 1 rings (SSSR count). The molecule has 88 valence electrons. The Bertz CT molecular complexity index is 411. The SMILES string of the molecule is COc1cc(C(F)F)nc([N+](=O)[O-])c1CO. The average molecular weight is 234 g/mol. The molecule has 1 aromatic heterocycles. The van der Waals surface area contributed by atoms with Gasteiger partial charge in [0.1, 0.15) is 11.3 Å². The number of hydrogen-bond donors (Lipinski definition) is 1. The van der Waals surface area contributed by atoms with Gasteiger partial charge in [0.2, 0.25) is 5.69 Å². The zero-order chi connectivity index (χ0) is 12.3. The number of halogens is 2. The van der Waals surface area contributed by atoms with Crippen molar-refractivity contribution in [2.24, 2.45) is 0 Å². The number of rotatable bonds is 4. The van der Waals surface area contributed by atoms with Gasteiger partial charge < -0.3 is 20.0 Å². The summed E-state index contributed by atoms with van der Waals surface area (Å²) in [5, 5.41) is 19.5. The smallest absolute Gasteiger partial charge is 0.373 e. The van der Waals surface area contributed by atoms with E-state index in [0.717, 1.165) is 13.2 Å². The number of methoxy groups -OCH3 is 1. The standard InChI is InChI=1S/C8H8F2N2O4/c1-16-6-2-5(7(9)10)11-8(12(14)15)4(6)3-13/h2,7,13H,3H2,1H3. The van der Waals surface area contributed by atoms with Gasteiger partial charge in [0.05, 0.1) is 13.7 Å². The van der Waals surface area contributed by atoms with Gasteiger partial charge in [-0.2, -0.15) is 0 Å². The summed E-state index contributed by atoms with van der Waals surface area (Å²) in [7, 11) is 1.16. The lowest BCUT2D eigenvalue weighted by Gasteiger charge is -2.07. The van der Waals surface area contributed by atoms with Crippen molar-refractivity contribution in [3.63, 3.8) is 0 Å². The van der Waals surface area contributed by atoms with E-state index < -0.39 is 29.5 Å². The molecule has 0 radical (unpaired) electrons. The maximum atomic E-state index is 12.4. The molecular weight excluding hydrogens is 226 g/mol. The molecule has 0 unspecified atom stereocenters. The first-order valence-electron chi connectivity index (χ1n) is 4.12. The molecule has 8 heteroatoms. The van der Waals surface area contributed by atoms with E-state index in [2.05, 4.69) is 9.72 Å². The maximum Gasteiger partial charge on any atom is 0.373 e. The van der Waals surface area contributed by atoms with E-state index in [1.165, 1.54) is 0 Å². The zero-order valence-electron chi connectivity index (χ0n) is 8.18. The van der Waals surface area contributed by atoms with E-state index in [1.54, 1.807) is 0 Å². The Hall–Kier alpha value is -1.83. The van der Waals surface area contributed by atoms with Gasteiger partial charge in [-0.3, -0.25) is 0 Å². The summed E-state index contributed by atoms with van der Waals surface area (Å²) >= 11 is 0. The van der Waals surface area contributed by atoms with Crippen LogP contribution < -0.4 is 4.74 Å². The van der Waals surface area contributed by atoms with Crippen LogP contribution in [0.1, 0.15) is 17.7 Å². The highest BCUT2D eigenvalue weighted by molar-refractivity contribution is 5.45. The van der Waals surface area contributed by atoms with E-state index in [1.807, 2.05) is 0 Å². The fourth-order valence-corrected chi connectivity index (χ4v) is 1.15. The average Bonchev–Trinajstić information content (AvgIpc) is 2.26. The molecule has 6 nitrogen and oxygen atoms in total. The van der Waals surface area contributed by atoms with Crippen LogP contribution in [0.5, 0.6) is 5.75 Å². The van der Waals surface area contributed by atoms with E-state index in [9.17, 15) is 18.9 Å². The molecule has 0 fully saturated rings. The van der Waals surface area contributed by atoms with Gasteiger partial charge >= 0.3 is 12.2 Å². The Morgan fingerprint density at radius 3 is 2.69 bits per heavy atom. The van der Waals surface area contributed by atoms with Gasteiger partial charge in [-0.05, 0) is 9.91 Å². The van der Waals surface area contributed by atoms with Gasteiger partial charge in [-0.15, -0.1) is 0 Å². The monoisotopic (exact) mass is 234 g/mol. The first-order valence-corrected chi connectivity index (χ1v) is 4.12. The lowest BCUT2D eigenvalue weighted by molar-refractivity contribution is -0.390. The summed E-state index contributed by atoms with van der Waals surface area (Å²) in [4.78, 5) is 12.8. The Balaban J connectivity index is 3.43. The Morgan fingerprint density at radius 1 is 1.69 bits per heavy atom. The molecule has 1 N–H and O–H groups in total. The van der Waals surface area contributed by atoms with E-state index in [-0.39, 0.29) is 11.3 Å². The third-order valence-electron chi connectivity index (χ3n) is 1.86. The van der Waals surface area contributed by atoms with Crippen molar-refractivity contribution < 1.29 is 23.5 Å². The zero-order valence-corrected chi connectivity index (χ0v) is 8.18. The van der Waals surface area contributed by atoms with Crippen molar-refractivity contribution in [1.29, 1.82) is 0 Å². The van der Waals surface area contributed by atoms with E-state index in [0.29, 0.717) is 0 Å². The highest BCUT2D eigenvalue weighted by Gasteiger charge is 2.26. The molecule has 0 amide bonds. The molecule has 1 aromatic rings. The normalized spacial score (nSPS) is 10.6. The van der Waals surface area contributed by atoms with Crippen molar-refractivity contribution >= 4 is 5.82 Å². The van der Waals surface area contributed by atoms with Crippen LogP contribution in [0.15, 0.2) is 6.07 Å². The van der Waals surface area contributed by atoms with Crippen molar-refractivity contribution in [2.45, 2.75) is 13.0 Å². The number of hydrogen-bond acceptors (Lipinski definition) is 5. The number of pyridine rings is 1. The van der Waals surface area contributed by atoms with E-state index >= 15 is 0 Å². The van der Waals surface area contributed by atoms with E-state index in [4.69, 9.17) is 5.11 Å². The number of aliphatic hydroxyl groups excluding tert-OH is 1. The highest BCUT2D eigenvalue weighted by Crippen LogP contribution is 2.31. The van der Waals surface area contributed by atoms with Gasteiger partial charge in [0, 0.05) is 6.07 Å². The summed E-state index contributed by atoms with van der Waals surface area (Å²) in [5.74, 6) is -1.00. The minimum absolute atomic E-state index is 0.181. The molecule has 16 heavy (non-hydrogen) atoms. The lowest BCUT2D eigenvalue weighted by atomic mass is 10.2. The molecule has 0 aliphatic heterocycles. The summed E-state index contributed by atoms with van der Waals surface area (Å²) < 4.78 is 29.4. The second-order valence-corrected chi connectivity index (χ2v) is 2.77. The van der Waals surface area contributed by atoms with Crippen LogP contribution in [0.4, 0.5) is 14.6 Å². The molecule has 0 aliphatic carbocycles.